The maximum Gasteiger partial charge on any atom is 0.261 e. The van der Waals surface area contributed by atoms with E-state index >= 15 is 8.78 Å². The van der Waals surface area contributed by atoms with Gasteiger partial charge in [-0.05, 0) is 50.1 Å². The molecule has 1 atom stereocenters. The quantitative estimate of drug-likeness (QED) is 0.114. The monoisotopic (exact) mass is 612 g/mol. The number of hydrogen-bond donors (Lipinski definition) is 5. The molecule has 234 valence electrons. The molecular weight excluding hydrogens is 578 g/mol. The summed E-state index contributed by atoms with van der Waals surface area (Å²) < 4.78 is 49.0. The second-order valence-electron chi connectivity index (χ2n) is 9.89. The number of nitrogens with one attached hydrogen (secondary N) is 1. The number of guanidine groups is 1. The van der Waals surface area contributed by atoms with Crippen LogP contribution in [0.1, 0.15) is 25.3 Å². The van der Waals surface area contributed by atoms with Crippen molar-refractivity contribution in [3.05, 3.63) is 59.7 Å². The smallest absolute Gasteiger partial charge is 0.261 e. The number of aromatic nitrogens is 1. The number of nitrogen functional groups attached to an aromatic ring is 1. The largest absolute Gasteiger partial charge is 0.504 e. The number of phenols is 1. The Kier molecular flexibility index (Phi) is 10.1. The number of pyridine rings is 1. The average Bonchev–Trinajstić information content (AvgIpc) is 2.99. The number of hydrogen-bond acceptors (Lipinski definition) is 10. The van der Waals surface area contributed by atoms with Crippen LogP contribution >= 0.6 is 0 Å². The fourth-order valence-corrected chi connectivity index (χ4v) is 4.79. The maximum absolute atomic E-state index is 16.1. The maximum atomic E-state index is 16.1. The lowest BCUT2D eigenvalue weighted by atomic mass is 10.0. The molecule has 1 unspecified atom stereocenters. The summed E-state index contributed by atoms with van der Waals surface area (Å²) in [7, 11) is 1.53. The van der Waals surface area contributed by atoms with Crippen molar-refractivity contribution in [3.8, 4) is 29.0 Å². The molecule has 3 aromatic rings. The third kappa shape index (κ3) is 7.30. The molecule has 1 saturated heterocycles. The van der Waals surface area contributed by atoms with Gasteiger partial charge in [-0.25, -0.2) is 4.99 Å². The van der Waals surface area contributed by atoms with E-state index in [1.807, 2.05) is 4.90 Å². The number of carbonyl (C=O) groups excluding carboxylic acids is 1. The van der Waals surface area contributed by atoms with Crippen LogP contribution in [0.15, 0.2) is 47.5 Å². The summed E-state index contributed by atoms with van der Waals surface area (Å²) in [6.07, 6.45) is 0.947. The number of aliphatic imine (C=N–C) groups is 1. The molecule has 0 radical (unpaired) electrons. The number of aldehydes is 1. The SMILES string of the molecule is CCOC(C=O)N1CCC(N(C)c2c(F)c(Oc3cccc(N=C(N)N)c3)nc(Oc3cc(C(=N)N)ccc3O)c2F)CC1. The molecule has 0 saturated carbocycles. The third-order valence-electron chi connectivity index (χ3n) is 6.98. The third-order valence-corrected chi connectivity index (χ3v) is 6.98. The number of phenolic OH excluding ortho intramolecular Hbond substituents is 1. The number of likely N-dealkylation sites (tertiary alicyclic amines) is 1. The van der Waals surface area contributed by atoms with Gasteiger partial charge in [0.15, 0.2) is 30.0 Å². The number of halogens is 2. The number of carbonyl (C=O) groups is 1. The Morgan fingerprint density at radius 2 is 1.84 bits per heavy atom. The second kappa shape index (κ2) is 14.0. The molecule has 0 amide bonds. The van der Waals surface area contributed by atoms with Crippen LogP contribution in [0.4, 0.5) is 20.2 Å². The van der Waals surface area contributed by atoms with Crippen LogP contribution in [0.3, 0.4) is 0 Å². The lowest BCUT2D eigenvalue weighted by Crippen LogP contribution is -2.49. The molecule has 2 heterocycles. The average molecular weight is 613 g/mol. The Morgan fingerprint density at radius 3 is 2.45 bits per heavy atom. The van der Waals surface area contributed by atoms with Gasteiger partial charge in [0.2, 0.25) is 11.6 Å². The molecule has 0 bridgehead atoms. The number of aromatic hydroxyl groups is 1. The molecule has 0 spiro atoms. The van der Waals surface area contributed by atoms with E-state index in [0.29, 0.717) is 38.2 Å². The van der Waals surface area contributed by atoms with Gasteiger partial charge in [0.1, 0.15) is 17.3 Å². The molecule has 13 nitrogen and oxygen atoms in total. The molecule has 4 rings (SSSR count). The van der Waals surface area contributed by atoms with Crippen molar-refractivity contribution >= 4 is 29.5 Å². The fraction of sp³-hybridized carbons (Fsp3) is 0.310. The molecule has 2 aromatic carbocycles. The highest BCUT2D eigenvalue weighted by Crippen LogP contribution is 2.41. The van der Waals surface area contributed by atoms with Crippen LogP contribution in [-0.2, 0) is 9.53 Å². The van der Waals surface area contributed by atoms with Crippen molar-refractivity contribution in [1.82, 2.24) is 9.88 Å². The summed E-state index contributed by atoms with van der Waals surface area (Å²) in [4.78, 5) is 22.7. The summed E-state index contributed by atoms with van der Waals surface area (Å²) in [6.45, 7) is 3.05. The zero-order valence-corrected chi connectivity index (χ0v) is 24.2. The van der Waals surface area contributed by atoms with E-state index < -0.39 is 41.1 Å². The van der Waals surface area contributed by atoms with Gasteiger partial charge >= 0.3 is 0 Å². The van der Waals surface area contributed by atoms with Crippen molar-refractivity contribution in [1.29, 1.82) is 5.41 Å². The lowest BCUT2D eigenvalue weighted by Gasteiger charge is -2.39. The standard InChI is InChI=1S/C29H34F2N8O5/c1-3-42-22(15-40)39-11-9-18(10-12-39)38(2)25-23(30)27(43-19-6-4-5-17(14-19)36-29(34)35)37-28(24(25)31)44-21-13-16(26(32)33)7-8-20(21)41/h4-8,13-15,18,22,41H,3,9-12H2,1-2H3,(H3,32,33)(H4,34,35,36). The molecule has 1 aromatic heterocycles. The van der Waals surface area contributed by atoms with Crippen molar-refractivity contribution < 1.29 is 32.9 Å². The first-order valence-electron chi connectivity index (χ1n) is 13.7. The van der Waals surface area contributed by atoms with Gasteiger partial charge in [-0.3, -0.25) is 15.1 Å². The van der Waals surface area contributed by atoms with Crippen LogP contribution in [0.5, 0.6) is 29.0 Å². The van der Waals surface area contributed by atoms with E-state index in [9.17, 15) is 9.90 Å². The number of benzene rings is 2. The molecule has 0 aliphatic carbocycles. The van der Waals surface area contributed by atoms with Gasteiger partial charge in [-0.15, -0.1) is 0 Å². The molecule has 15 heteroatoms. The fourth-order valence-electron chi connectivity index (χ4n) is 4.79. The number of piperidine rings is 1. The summed E-state index contributed by atoms with van der Waals surface area (Å²) in [6, 6.07) is 9.56. The molecule has 1 aliphatic heterocycles. The van der Waals surface area contributed by atoms with E-state index in [1.54, 1.807) is 19.1 Å². The molecular formula is C29H34F2N8O5. The highest BCUT2D eigenvalue weighted by atomic mass is 19.1. The Labute approximate surface area is 252 Å². The lowest BCUT2D eigenvalue weighted by molar-refractivity contribution is -0.132. The molecule has 8 N–H and O–H groups in total. The minimum Gasteiger partial charge on any atom is -0.504 e. The second-order valence-corrected chi connectivity index (χ2v) is 9.89. The van der Waals surface area contributed by atoms with Crippen molar-refractivity contribution in [2.45, 2.75) is 32.0 Å². The van der Waals surface area contributed by atoms with Crippen LogP contribution in [0, 0.1) is 17.0 Å². The van der Waals surface area contributed by atoms with Crippen LogP contribution in [-0.4, -0.2) is 72.1 Å². The highest BCUT2D eigenvalue weighted by molar-refractivity contribution is 5.95. The summed E-state index contributed by atoms with van der Waals surface area (Å²) in [5.74, 6) is -4.67. The van der Waals surface area contributed by atoms with Crippen molar-refractivity contribution in [2.24, 2.45) is 22.2 Å². The van der Waals surface area contributed by atoms with Crippen molar-refractivity contribution in [3.63, 3.8) is 0 Å². The first-order chi connectivity index (χ1) is 21.0. The van der Waals surface area contributed by atoms with Gasteiger partial charge < -0.3 is 41.4 Å². The van der Waals surface area contributed by atoms with Gasteiger partial charge in [0.25, 0.3) is 11.8 Å². The molecule has 1 fully saturated rings. The zero-order chi connectivity index (χ0) is 32.0. The van der Waals surface area contributed by atoms with Gasteiger partial charge in [0, 0.05) is 44.4 Å². The summed E-state index contributed by atoms with van der Waals surface area (Å²) in [5, 5.41) is 18.0. The molecule has 44 heavy (non-hydrogen) atoms. The predicted octanol–water partition coefficient (Wildman–Crippen LogP) is 3.30. The highest BCUT2D eigenvalue weighted by Gasteiger charge is 2.33. The van der Waals surface area contributed by atoms with Crippen LogP contribution in [0.25, 0.3) is 0 Å². The Bertz CT molecular complexity index is 1540. The zero-order valence-electron chi connectivity index (χ0n) is 24.2. The first-order valence-corrected chi connectivity index (χ1v) is 13.7. The van der Waals surface area contributed by atoms with Crippen LogP contribution < -0.4 is 31.6 Å². The normalized spacial score (nSPS) is 14.5. The van der Waals surface area contributed by atoms with Crippen LogP contribution in [0.2, 0.25) is 0 Å². The number of nitrogens with zero attached hydrogens (tertiary/aromatic N) is 4. The Balaban J connectivity index is 1.73. The molecule has 1 aliphatic rings. The number of nitrogens with two attached hydrogens (primary N) is 3. The topological polar surface area (TPSA) is 199 Å². The number of amidine groups is 1. The Hall–Kier alpha value is -5.02. The van der Waals surface area contributed by atoms with Crippen molar-refractivity contribution in [2.75, 3.05) is 31.6 Å². The van der Waals surface area contributed by atoms with Gasteiger partial charge in [-0.1, -0.05) is 6.07 Å². The van der Waals surface area contributed by atoms with Gasteiger partial charge in [0.05, 0.1) is 5.69 Å². The first kappa shape index (κ1) is 31.9. The minimum absolute atomic E-state index is 0.0932. The van der Waals surface area contributed by atoms with E-state index in [1.165, 1.54) is 42.3 Å². The number of anilines is 1. The Morgan fingerprint density at radius 1 is 1.16 bits per heavy atom. The number of rotatable bonds is 12. The number of ether oxygens (including phenoxy) is 3. The van der Waals surface area contributed by atoms with E-state index in [-0.39, 0.29) is 34.9 Å². The summed E-state index contributed by atoms with van der Waals surface area (Å²) in [5.41, 5.74) is 16.5. The summed E-state index contributed by atoms with van der Waals surface area (Å²) >= 11 is 0. The van der Waals surface area contributed by atoms with Gasteiger partial charge in [-0.2, -0.15) is 13.8 Å². The van der Waals surface area contributed by atoms with E-state index in [0.717, 1.165) is 6.29 Å². The van der Waals surface area contributed by atoms with E-state index in [4.69, 9.17) is 36.8 Å². The minimum atomic E-state index is -1.15. The predicted molar refractivity (Wildman–Crippen MR) is 160 cm³/mol. The van der Waals surface area contributed by atoms with E-state index in [2.05, 4.69) is 9.98 Å².